The van der Waals surface area contributed by atoms with E-state index in [9.17, 15) is 4.79 Å². The molecule has 0 fully saturated rings. The van der Waals surface area contributed by atoms with Crippen molar-refractivity contribution < 1.29 is 41.4 Å². The first-order valence-corrected chi connectivity index (χ1v) is 4.05. The summed E-state index contributed by atoms with van der Waals surface area (Å²) in [6.45, 7) is 2.28. The zero-order valence-electron chi connectivity index (χ0n) is 7.88. The van der Waals surface area contributed by atoms with Crippen molar-refractivity contribution in [1.29, 1.82) is 0 Å². The van der Waals surface area contributed by atoms with Gasteiger partial charge in [-0.15, -0.1) is 0 Å². The van der Waals surface area contributed by atoms with Crippen LogP contribution >= 0.6 is 0 Å². The molecule has 13 heavy (non-hydrogen) atoms. The number of hydrogen-bond donors (Lipinski definition) is 0. The van der Waals surface area contributed by atoms with Crippen LogP contribution in [-0.4, -0.2) is 12.6 Å². The normalized spacial score (nSPS) is 14.7. The van der Waals surface area contributed by atoms with Crippen molar-refractivity contribution in [2.24, 2.45) is 0 Å². The number of carbonyl (C=O) groups excluding carboxylic acids is 1. The molecule has 0 aliphatic heterocycles. The zero-order valence-corrected chi connectivity index (χ0v) is 11.6. The van der Waals surface area contributed by atoms with E-state index in [1.54, 1.807) is 0 Å². The maximum absolute atomic E-state index is 11.1. The summed E-state index contributed by atoms with van der Waals surface area (Å²) in [6, 6.07) is 0. The molecule has 0 heterocycles. The van der Waals surface area contributed by atoms with Gasteiger partial charge in [0.25, 0.3) is 0 Å². The third-order valence-corrected chi connectivity index (χ3v) is 1.65. The van der Waals surface area contributed by atoms with E-state index in [0.29, 0.717) is 6.61 Å². The molecule has 0 N–H and O–H groups in total. The van der Waals surface area contributed by atoms with Crippen LogP contribution in [-0.2, 0) is 29.0 Å². The van der Waals surface area contributed by atoms with Crippen LogP contribution in [0.2, 0.25) is 0 Å². The molecule has 71 valence electrons. The number of rotatable bonds is 2. The first-order valence-electron chi connectivity index (χ1n) is 4.05. The van der Waals surface area contributed by atoms with Crippen molar-refractivity contribution in [1.82, 2.24) is 0 Å². The second-order valence-corrected chi connectivity index (χ2v) is 2.51. The minimum atomic E-state index is -0.174. The van der Waals surface area contributed by atoms with Crippen LogP contribution in [0.15, 0.2) is 11.6 Å². The number of carbonyl (C=O) groups is 1. The number of esters is 1. The van der Waals surface area contributed by atoms with E-state index in [1.165, 1.54) is 0 Å². The Morgan fingerprint density at radius 3 is 2.69 bits per heavy atom. The Kier molecular flexibility index (Phi) is 10.4. The van der Waals surface area contributed by atoms with Gasteiger partial charge in [0.1, 0.15) is 0 Å². The van der Waals surface area contributed by atoms with Gasteiger partial charge < -0.3 is 17.1 Å². The van der Waals surface area contributed by atoms with Crippen LogP contribution in [0.5, 0.6) is 0 Å². The summed E-state index contributed by atoms with van der Waals surface area (Å²) in [5, 5.41) is 0. The van der Waals surface area contributed by atoms with Crippen LogP contribution in [0.1, 0.15) is 26.2 Å². The Morgan fingerprint density at radius 2 is 2.23 bits per heavy atom. The van der Waals surface area contributed by atoms with Gasteiger partial charge in [-0.1, -0.05) is 6.08 Å². The van der Waals surface area contributed by atoms with Gasteiger partial charge in [-0.3, -0.25) is 0 Å². The predicted molar refractivity (Wildman–Crippen MR) is 42.9 cm³/mol. The van der Waals surface area contributed by atoms with E-state index in [2.05, 4.69) is 0 Å². The molecule has 0 amide bonds. The monoisotopic (exact) mass is 252 g/mol. The zero-order chi connectivity index (χ0) is 8.10. The molecule has 1 radical (unpaired) electrons. The molecule has 0 spiro atoms. The second-order valence-electron chi connectivity index (χ2n) is 2.51. The molecule has 4 heteroatoms. The number of allylic oxidation sites excluding steroid dienone is 1. The smallest absolute Gasteiger partial charge is 0.333 e. The minimum Gasteiger partial charge on any atom is -1.00 e. The van der Waals surface area contributed by atoms with Crippen LogP contribution in [0, 0.1) is 6.42 Å². The van der Waals surface area contributed by atoms with Gasteiger partial charge in [0.05, 0.1) is 6.61 Å². The average Bonchev–Trinajstić information content (AvgIpc) is 2.07. The summed E-state index contributed by atoms with van der Waals surface area (Å²) >= 11 is 0. The molecule has 0 bridgehead atoms. The quantitative estimate of drug-likeness (QED) is 0.460. The molecule has 0 unspecified atom stereocenters. The largest absolute Gasteiger partial charge is 1.00 e. The van der Waals surface area contributed by atoms with Crippen molar-refractivity contribution >= 4 is 5.97 Å². The molecule has 0 aromatic heterocycles. The molecule has 2 nitrogen and oxygen atoms in total. The van der Waals surface area contributed by atoms with Gasteiger partial charge in [-0.05, 0) is 32.6 Å². The van der Waals surface area contributed by atoms with E-state index in [0.717, 1.165) is 24.8 Å². The van der Waals surface area contributed by atoms with Crippen molar-refractivity contribution in [2.75, 3.05) is 6.61 Å². The summed E-state index contributed by atoms with van der Waals surface area (Å²) in [6.07, 6.45) is 7.06. The third kappa shape index (κ3) is 5.43. The molecular weight excluding hydrogens is 241 g/mol. The second kappa shape index (κ2) is 8.71. The Morgan fingerprint density at radius 1 is 1.54 bits per heavy atom. The van der Waals surface area contributed by atoms with Crippen molar-refractivity contribution in [2.45, 2.75) is 26.2 Å². The Labute approximate surface area is 98.3 Å². The number of ether oxygens (including phenoxy) is 1. The molecule has 1 aliphatic carbocycles. The SMILES string of the molecule is CCOC(=O)C1=CCCC[CH]1.[Cl-].[Zn]. The fourth-order valence-corrected chi connectivity index (χ4v) is 1.10. The molecule has 0 aromatic rings. The molecule has 1 aliphatic rings. The van der Waals surface area contributed by atoms with Crippen LogP contribution in [0.25, 0.3) is 0 Å². The predicted octanol–water partition coefficient (Wildman–Crippen LogP) is -1.13. The summed E-state index contributed by atoms with van der Waals surface area (Å²) < 4.78 is 4.84. The molecular formula is C9H13ClO2Zn-. The molecule has 0 atom stereocenters. The van der Waals surface area contributed by atoms with E-state index in [-0.39, 0.29) is 37.9 Å². The first kappa shape index (κ1) is 15.6. The van der Waals surface area contributed by atoms with E-state index in [1.807, 2.05) is 19.4 Å². The van der Waals surface area contributed by atoms with Crippen LogP contribution < -0.4 is 12.4 Å². The van der Waals surface area contributed by atoms with Crippen LogP contribution in [0.4, 0.5) is 0 Å². The van der Waals surface area contributed by atoms with Crippen molar-refractivity contribution in [3.63, 3.8) is 0 Å². The number of halogens is 1. The summed E-state index contributed by atoms with van der Waals surface area (Å²) in [7, 11) is 0. The topological polar surface area (TPSA) is 26.3 Å². The van der Waals surface area contributed by atoms with Gasteiger partial charge >= 0.3 is 5.97 Å². The molecule has 0 aromatic carbocycles. The fourth-order valence-electron chi connectivity index (χ4n) is 1.10. The maximum Gasteiger partial charge on any atom is 0.333 e. The van der Waals surface area contributed by atoms with E-state index >= 15 is 0 Å². The summed E-state index contributed by atoms with van der Waals surface area (Å²) in [5.41, 5.74) is 0.748. The Balaban J connectivity index is 0. The standard InChI is InChI=1S/C9H13O2.ClH.Zn/c1-2-11-9(10)8-6-4-3-5-7-8;;/h6-7H,2-5H2,1H3;1H;/p-1. The first-order chi connectivity index (χ1) is 5.34. The fraction of sp³-hybridized carbons (Fsp3) is 0.556. The number of hydrogen-bond acceptors (Lipinski definition) is 2. The summed E-state index contributed by atoms with van der Waals surface area (Å²) in [5.74, 6) is -0.174. The molecule has 0 saturated heterocycles. The van der Waals surface area contributed by atoms with Gasteiger partial charge in [0.2, 0.25) is 0 Å². The van der Waals surface area contributed by atoms with Gasteiger partial charge in [0.15, 0.2) is 0 Å². The minimum absolute atomic E-state index is 0. The molecule has 0 saturated carbocycles. The Bertz CT molecular complexity index is 180. The van der Waals surface area contributed by atoms with Gasteiger partial charge in [0, 0.05) is 25.1 Å². The maximum atomic E-state index is 11.1. The Hall–Kier alpha value is 0.123. The van der Waals surface area contributed by atoms with E-state index in [4.69, 9.17) is 4.74 Å². The van der Waals surface area contributed by atoms with E-state index < -0.39 is 0 Å². The average molecular weight is 254 g/mol. The summed E-state index contributed by atoms with van der Waals surface area (Å²) in [4.78, 5) is 11.1. The van der Waals surface area contributed by atoms with Crippen molar-refractivity contribution in [3.8, 4) is 0 Å². The van der Waals surface area contributed by atoms with Crippen molar-refractivity contribution in [3.05, 3.63) is 18.1 Å². The van der Waals surface area contributed by atoms with Crippen LogP contribution in [0.3, 0.4) is 0 Å². The molecule has 1 rings (SSSR count). The van der Waals surface area contributed by atoms with Gasteiger partial charge in [-0.25, -0.2) is 4.79 Å². The third-order valence-electron chi connectivity index (χ3n) is 1.65. The van der Waals surface area contributed by atoms with Gasteiger partial charge in [-0.2, -0.15) is 0 Å².